The number of hydrogen-bond acceptors (Lipinski definition) is 7. The lowest BCUT2D eigenvalue weighted by Crippen LogP contribution is -2.36. The summed E-state index contributed by atoms with van der Waals surface area (Å²) >= 11 is 0. The second-order valence-electron chi connectivity index (χ2n) is 9.37. The topological polar surface area (TPSA) is 50.3 Å². The van der Waals surface area contributed by atoms with Crippen LogP contribution >= 0.6 is 0 Å². The molecule has 0 atom stereocenters. The molecule has 0 unspecified atom stereocenters. The third kappa shape index (κ3) is 6.55. The number of morpholine rings is 2. The van der Waals surface area contributed by atoms with Gasteiger partial charge in [-0.05, 0) is 47.5 Å². The minimum atomic E-state index is 0.778. The number of ether oxygens (including phenoxy) is 3. The number of pyridine rings is 1. The van der Waals surface area contributed by atoms with Gasteiger partial charge in [0.15, 0.2) is 0 Å². The average molecular weight is 489 g/mol. The summed E-state index contributed by atoms with van der Waals surface area (Å²) in [7, 11) is 1.72. The van der Waals surface area contributed by atoms with Gasteiger partial charge in [-0.15, -0.1) is 0 Å². The first-order chi connectivity index (χ1) is 17.8. The van der Waals surface area contributed by atoms with E-state index in [1.54, 1.807) is 7.11 Å². The van der Waals surface area contributed by atoms with Crippen LogP contribution in [0.2, 0.25) is 0 Å². The molecule has 2 fully saturated rings. The fourth-order valence-electron chi connectivity index (χ4n) is 4.86. The van der Waals surface area contributed by atoms with E-state index in [4.69, 9.17) is 14.2 Å². The highest BCUT2D eigenvalue weighted by atomic mass is 16.5. The van der Waals surface area contributed by atoms with Gasteiger partial charge in [0.1, 0.15) is 5.75 Å². The van der Waals surface area contributed by atoms with Crippen molar-refractivity contribution in [3.8, 4) is 5.75 Å². The van der Waals surface area contributed by atoms with Crippen molar-refractivity contribution in [3.05, 3.63) is 83.7 Å². The molecule has 190 valence electrons. The highest BCUT2D eigenvalue weighted by Crippen LogP contribution is 2.25. The largest absolute Gasteiger partial charge is 0.497 e. The van der Waals surface area contributed by atoms with Crippen LogP contribution in [0.15, 0.2) is 66.9 Å². The first kappa shape index (κ1) is 24.6. The van der Waals surface area contributed by atoms with Crippen LogP contribution in [0.25, 0.3) is 0 Å². The Kier molecular flexibility index (Phi) is 8.33. The zero-order chi connectivity index (χ0) is 24.6. The van der Waals surface area contributed by atoms with Crippen LogP contribution in [0.5, 0.6) is 5.75 Å². The van der Waals surface area contributed by atoms with E-state index in [0.717, 1.165) is 83.7 Å². The molecule has 36 heavy (non-hydrogen) atoms. The molecule has 0 amide bonds. The Labute approximate surface area is 214 Å². The van der Waals surface area contributed by atoms with E-state index in [1.807, 2.05) is 12.3 Å². The second-order valence-corrected chi connectivity index (χ2v) is 9.37. The molecule has 1 aromatic heterocycles. The lowest BCUT2D eigenvalue weighted by atomic mass is 10.1. The second kappa shape index (κ2) is 12.2. The van der Waals surface area contributed by atoms with Crippen LogP contribution in [-0.4, -0.2) is 69.6 Å². The molecular weight excluding hydrogens is 452 g/mol. The van der Waals surface area contributed by atoms with E-state index in [-0.39, 0.29) is 0 Å². The number of benzene rings is 2. The first-order valence-corrected chi connectivity index (χ1v) is 12.8. The van der Waals surface area contributed by atoms with Gasteiger partial charge in [-0.2, -0.15) is 0 Å². The maximum atomic E-state index is 5.55. The van der Waals surface area contributed by atoms with Crippen LogP contribution in [0.3, 0.4) is 0 Å². The van der Waals surface area contributed by atoms with Crippen molar-refractivity contribution in [2.75, 3.05) is 69.5 Å². The van der Waals surface area contributed by atoms with E-state index in [9.17, 15) is 0 Å². The molecule has 3 heterocycles. The molecule has 0 saturated carbocycles. The molecule has 0 N–H and O–H groups in total. The summed E-state index contributed by atoms with van der Waals surface area (Å²) < 4.78 is 16.5. The van der Waals surface area contributed by atoms with Gasteiger partial charge in [0.2, 0.25) is 0 Å². The molecule has 2 aromatic carbocycles. The number of aromatic nitrogens is 1. The molecule has 3 aromatic rings. The van der Waals surface area contributed by atoms with E-state index in [1.165, 1.54) is 22.5 Å². The zero-order valence-corrected chi connectivity index (χ0v) is 21.1. The van der Waals surface area contributed by atoms with Gasteiger partial charge in [0.05, 0.1) is 39.2 Å². The minimum absolute atomic E-state index is 0.778. The normalized spacial score (nSPS) is 16.6. The van der Waals surface area contributed by atoms with Gasteiger partial charge in [-0.1, -0.05) is 24.3 Å². The third-order valence-electron chi connectivity index (χ3n) is 6.82. The number of anilines is 2. The predicted molar refractivity (Wildman–Crippen MR) is 143 cm³/mol. The summed E-state index contributed by atoms with van der Waals surface area (Å²) in [5.41, 5.74) is 6.03. The lowest BCUT2D eigenvalue weighted by Gasteiger charge is -2.30. The molecule has 2 aliphatic heterocycles. The summed E-state index contributed by atoms with van der Waals surface area (Å²) in [5.74, 6) is 0.879. The van der Waals surface area contributed by atoms with Crippen molar-refractivity contribution in [1.29, 1.82) is 0 Å². The number of rotatable bonds is 9. The van der Waals surface area contributed by atoms with E-state index in [2.05, 4.69) is 74.3 Å². The fourth-order valence-corrected chi connectivity index (χ4v) is 4.86. The molecule has 7 heteroatoms. The summed E-state index contributed by atoms with van der Waals surface area (Å²) in [6.45, 7) is 9.36. The van der Waals surface area contributed by atoms with Crippen molar-refractivity contribution in [2.45, 2.75) is 19.6 Å². The number of methoxy groups -OCH3 is 1. The predicted octanol–water partition coefficient (Wildman–Crippen LogP) is 3.97. The number of nitrogens with zero attached hydrogens (tertiary/aromatic N) is 4. The quantitative estimate of drug-likeness (QED) is 0.452. The molecule has 0 bridgehead atoms. The van der Waals surface area contributed by atoms with Crippen molar-refractivity contribution < 1.29 is 14.2 Å². The van der Waals surface area contributed by atoms with Crippen molar-refractivity contribution in [2.24, 2.45) is 0 Å². The standard InChI is InChI=1S/C29H36N4O3/c1-34-29-7-3-5-25(19-29)22-33(21-24-4-2-6-27(18-24)32-12-16-36-17-13-32)28-8-9-30-26(20-28)23-31-10-14-35-15-11-31/h2-9,18-20H,10-17,21-23H2,1H3. The van der Waals surface area contributed by atoms with Crippen LogP contribution < -0.4 is 14.5 Å². The molecule has 0 radical (unpaired) electrons. The van der Waals surface area contributed by atoms with Gasteiger partial charge < -0.3 is 24.0 Å². The molecular formula is C29H36N4O3. The molecule has 0 aliphatic carbocycles. The SMILES string of the molecule is COc1cccc(CN(Cc2cccc(N3CCOCC3)c2)c2ccnc(CN3CCOCC3)c2)c1. The Morgan fingerprint density at radius 2 is 1.53 bits per heavy atom. The Morgan fingerprint density at radius 1 is 0.833 bits per heavy atom. The van der Waals surface area contributed by atoms with Crippen LogP contribution in [0.1, 0.15) is 16.8 Å². The molecule has 0 spiro atoms. The van der Waals surface area contributed by atoms with E-state index in [0.29, 0.717) is 0 Å². The highest BCUT2D eigenvalue weighted by Gasteiger charge is 2.16. The van der Waals surface area contributed by atoms with Crippen LogP contribution in [0, 0.1) is 0 Å². The van der Waals surface area contributed by atoms with Gasteiger partial charge >= 0.3 is 0 Å². The maximum absolute atomic E-state index is 5.55. The average Bonchev–Trinajstić information content (AvgIpc) is 2.94. The fraction of sp³-hybridized carbons (Fsp3) is 0.414. The van der Waals surface area contributed by atoms with Gasteiger partial charge in [-0.3, -0.25) is 9.88 Å². The monoisotopic (exact) mass is 488 g/mol. The zero-order valence-electron chi connectivity index (χ0n) is 21.1. The van der Waals surface area contributed by atoms with Crippen molar-refractivity contribution in [1.82, 2.24) is 9.88 Å². The lowest BCUT2D eigenvalue weighted by molar-refractivity contribution is 0.0336. The first-order valence-electron chi connectivity index (χ1n) is 12.8. The van der Waals surface area contributed by atoms with Crippen molar-refractivity contribution >= 4 is 11.4 Å². The number of hydrogen-bond donors (Lipinski definition) is 0. The summed E-state index contributed by atoms with van der Waals surface area (Å²) in [4.78, 5) is 11.9. The van der Waals surface area contributed by atoms with Crippen LogP contribution in [-0.2, 0) is 29.1 Å². The Hall–Kier alpha value is -3.13. The summed E-state index contributed by atoms with van der Waals surface area (Å²) in [6.07, 6.45) is 1.94. The van der Waals surface area contributed by atoms with Gasteiger partial charge in [0, 0.05) is 63.4 Å². The maximum Gasteiger partial charge on any atom is 0.119 e. The minimum Gasteiger partial charge on any atom is -0.497 e. The molecule has 2 saturated heterocycles. The Bertz CT molecular complexity index is 1110. The molecule has 7 nitrogen and oxygen atoms in total. The van der Waals surface area contributed by atoms with Crippen LogP contribution in [0.4, 0.5) is 11.4 Å². The van der Waals surface area contributed by atoms with E-state index < -0.39 is 0 Å². The summed E-state index contributed by atoms with van der Waals surface area (Å²) in [6, 6.07) is 21.6. The Balaban J connectivity index is 1.39. The van der Waals surface area contributed by atoms with E-state index >= 15 is 0 Å². The van der Waals surface area contributed by atoms with Gasteiger partial charge in [0.25, 0.3) is 0 Å². The Morgan fingerprint density at radius 3 is 2.28 bits per heavy atom. The smallest absolute Gasteiger partial charge is 0.119 e. The molecule has 2 aliphatic rings. The highest BCUT2D eigenvalue weighted by molar-refractivity contribution is 5.52. The van der Waals surface area contributed by atoms with Crippen molar-refractivity contribution in [3.63, 3.8) is 0 Å². The third-order valence-corrected chi connectivity index (χ3v) is 6.82. The summed E-state index contributed by atoms with van der Waals surface area (Å²) in [5, 5.41) is 0. The molecule has 5 rings (SSSR count). The van der Waals surface area contributed by atoms with Gasteiger partial charge in [-0.25, -0.2) is 0 Å².